The molecule has 0 spiro atoms. The zero-order valence-corrected chi connectivity index (χ0v) is 23.0. The summed E-state index contributed by atoms with van der Waals surface area (Å²) in [5.74, 6) is -0.942. The van der Waals surface area contributed by atoms with Crippen molar-refractivity contribution in [2.45, 2.75) is 58.3 Å². The molecule has 0 heterocycles. The third-order valence-corrected chi connectivity index (χ3v) is 9.78. The Kier molecular flexibility index (Phi) is 6.50. The van der Waals surface area contributed by atoms with Crippen LogP contribution in [0.15, 0.2) is 42.5 Å². The number of rotatable bonds is 2. The Bertz CT molecular complexity index is 1470. The number of nitrogens with two attached hydrogens (primary N) is 1. The molecule has 40 heavy (non-hydrogen) atoms. The van der Waals surface area contributed by atoms with Gasteiger partial charge < -0.3 is 26.2 Å². The minimum Gasteiger partial charge on any atom is -0.507 e. The van der Waals surface area contributed by atoms with Gasteiger partial charge >= 0.3 is 0 Å². The molecule has 8 atom stereocenters. The highest BCUT2D eigenvalue weighted by atomic mass is 16.4. The highest BCUT2D eigenvalue weighted by Gasteiger charge is 2.75. The van der Waals surface area contributed by atoms with Crippen molar-refractivity contribution < 1.29 is 34.8 Å². The van der Waals surface area contributed by atoms with Crippen molar-refractivity contribution in [1.29, 1.82) is 0 Å². The summed E-state index contributed by atoms with van der Waals surface area (Å²) in [6.07, 6.45) is -3.06. The highest BCUT2D eigenvalue weighted by molar-refractivity contribution is 6.09. The van der Waals surface area contributed by atoms with E-state index in [1.165, 1.54) is 6.07 Å². The second kappa shape index (κ2) is 9.27. The van der Waals surface area contributed by atoms with Gasteiger partial charge in [0.25, 0.3) is 0 Å². The van der Waals surface area contributed by atoms with Gasteiger partial charge in [-0.25, -0.2) is 0 Å². The molecule has 0 radical (unpaired) electrons. The number of hydrogen-bond acceptors (Lipinski definition) is 7. The Morgan fingerprint density at radius 2 is 1.70 bits per heavy atom. The number of phenols is 1. The first kappa shape index (κ1) is 28.0. The Morgan fingerprint density at radius 1 is 1.05 bits per heavy atom. The standard InChI is InChI=1S/C32H35NO7/c1-16(2)23-26(36)22(29(33)39)27(37)32(40)28(38)24-25(35)21-19(14-30(24,3)15-31(23,32)4)18(12-13-20(21)34)11-10-17-8-6-5-7-9-17/h5-9,12-13,16,22-24,26,28,34,36,38,40H,14-15H2,1-4H3,(H2,33,39)/t22-,23+,24-,26?,28?,30-,31-,32+/m1/s1. The van der Waals surface area contributed by atoms with Crippen LogP contribution in [-0.4, -0.2) is 55.7 Å². The smallest absolute Gasteiger partial charge is 0.230 e. The SMILES string of the molecule is CC(C)[C@H]1C(O)[C@@H](C(N)=O)C(=O)[C@]2(O)C(O)[C@H]3C(=O)c4c(O)ccc(C#Cc5ccccc5)c4C[C@]3(C)C[C@]12C. The lowest BCUT2D eigenvalue weighted by atomic mass is 9.39. The van der Waals surface area contributed by atoms with Crippen LogP contribution in [-0.2, 0) is 16.0 Å². The molecule has 2 unspecified atom stereocenters. The summed E-state index contributed by atoms with van der Waals surface area (Å²) in [5, 5.41) is 46.0. The Hall–Kier alpha value is -3.51. The van der Waals surface area contributed by atoms with Gasteiger partial charge in [-0.2, -0.15) is 0 Å². The molecule has 0 aromatic heterocycles. The van der Waals surface area contributed by atoms with Crippen molar-refractivity contribution in [3.8, 4) is 17.6 Å². The van der Waals surface area contributed by atoms with Gasteiger partial charge in [-0.15, -0.1) is 0 Å². The first-order valence-electron chi connectivity index (χ1n) is 13.6. The molecule has 8 nitrogen and oxygen atoms in total. The topological polar surface area (TPSA) is 158 Å². The van der Waals surface area contributed by atoms with Gasteiger partial charge in [-0.1, -0.05) is 57.7 Å². The quantitative estimate of drug-likeness (QED) is 0.285. The maximum Gasteiger partial charge on any atom is 0.230 e. The van der Waals surface area contributed by atoms with Crippen LogP contribution in [0.2, 0.25) is 0 Å². The number of ketones is 2. The van der Waals surface area contributed by atoms with Crippen molar-refractivity contribution in [3.63, 3.8) is 0 Å². The number of carbonyl (C=O) groups excluding carboxylic acids is 3. The molecule has 2 aromatic rings. The second-order valence-electron chi connectivity index (χ2n) is 12.6. The zero-order chi connectivity index (χ0) is 29.4. The fourth-order valence-corrected chi connectivity index (χ4v) is 8.31. The van der Waals surface area contributed by atoms with Gasteiger partial charge in [0.15, 0.2) is 17.2 Å². The molecule has 6 N–H and O–H groups in total. The van der Waals surface area contributed by atoms with E-state index in [2.05, 4.69) is 11.8 Å². The molecular weight excluding hydrogens is 510 g/mol. The number of amides is 1. The summed E-state index contributed by atoms with van der Waals surface area (Å²) in [6.45, 7) is 7.08. The minimum atomic E-state index is -2.53. The third-order valence-electron chi connectivity index (χ3n) is 9.78. The second-order valence-corrected chi connectivity index (χ2v) is 12.6. The number of Topliss-reactive ketones (excluding diaryl/α,β-unsaturated/α-hetero) is 2. The first-order valence-corrected chi connectivity index (χ1v) is 13.6. The minimum absolute atomic E-state index is 0.00347. The van der Waals surface area contributed by atoms with Crippen LogP contribution in [0, 0.1) is 46.3 Å². The van der Waals surface area contributed by atoms with E-state index in [0.717, 1.165) is 5.56 Å². The molecule has 2 aromatic carbocycles. The predicted octanol–water partition coefficient (Wildman–Crippen LogP) is 1.97. The van der Waals surface area contributed by atoms with Gasteiger partial charge in [-0.3, -0.25) is 14.4 Å². The first-order chi connectivity index (χ1) is 18.7. The van der Waals surface area contributed by atoms with E-state index in [1.54, 1.807) is 13.0 Å². The van der Waals surface area contributed by atoms with Crippen molar-refractivity contribution >= 4 is 17.5 Å². The number of carbonyl (C=O) groups is 3. The van der Waals surface area contributed by atoms with Gasteiger partial charge in [0.2, 0.25) is 5.91 Å². The van der Waals surface area contributed by atoms with E-state index >= 15 is 0 Å². The van der Waals surface area contributed by atoms with Crippen LogP contribution in [0.1, 0.15) is 61.2 Å². The average Bonchev–Trinajstić information content (AvgIpc) is 2.86. The molecule has 0 saturated heterocycles. The average molecular weight is 546 g/mol. The van der Waals surface area contributed by atoms with Crippen LogP contribution < -0.4 is 5.73 Å². The van der Waals surface area contributed by atoms with Gasteiger partial charge in [-0.05, 0) is 59.9 Å². The van der Waals surface area contributed by atoms with E-state index in [4.69, 9.17) is 5.73 Å². The molecule has 1 amide bonds. The third kappa shape index (κ3) is 3.68. The van der Waals surface area contributed by atoms with E-state index < -0.39 is 63.9 Å². The van der Waals surface area contributed by atoms with Gasteiger partial charge in [0.1, 0.15) is 17.8 Å². The number of fused-ring (bicyclic) bond motifs is 3. The van der Waals surface area contributed by atoms with Crippen molar-refractivity contribution in [1.82, 2.24) is 0 Å². The number of primary amides is 1. The largest absolute Gasteiger partial charge is 0.507 e. The van der Waals surface area contributed by atoms with Crippen LogP contribution in [0.3, 0.4) is 0 Å². The molecule has 2 saturated carbocycles. The highest BCUT2D eigenvalue weighted by Crippen LogP contribution is 2.65. The zero-order valence-electron chi connectivity index (χ0n) is 23.0. The lowest BCUT2D eigenvalue weighted by Gasteiger charge is -2.66. The Morgan fingerprint density at radius 3 is 2.30 bits per heavy atom. The summed E-state index contributed by atoms with van der Waals surface area (Å²) >= 11 is 0. The summed E-state index contributed by atoms with van der Waals surface area (Å²) in [6, 6.07) is 12.4. The summed E-state index contributed by atoms with van der Waals surface area (Å²) in [7, 11) is 0. The monoisotopic (exact) mass is 545 g/mol. The van der Waals surface area contributed by atoms with Crippen LogP contribution in [0.25, 0.3) is 0 Å². The summed E-state index contributed by atoms with van der Waals surface area (Å²) in [4.78, 5) is 40.2. The van der Waals surface area contributed by atoms with Crippen LogP contribution in [0.4, 0.5) is 0 Å². The lowest BCUT2D eigenvalue weighted by molar-refractivity contribution is -0.265. The Labute approximate surface area is 233 Å². The van der Waals surface area contributed by atoms with Crippen molar-refractivity contribution in [3.05, 3.63) is 64.7 Å². The number of benzene rings is 2. The van der Waals surface area contributed by atoms with E-state index in [0.29, 0.717) is 11.1 Å². The lowest BCUT2D eigenvalue weighted by Crippen LogP contribution is -2.79. The van der Waals surface area contributed by atoms with E-state index in [9.17, 15) is 34.8 Å². The maximum absolute atomic E-state index is 14.1. The molecule has 0 bridgehead atoms. The molecule has 3 aliphatic rings. The maximum atomic E-state index is 14.1. The van der Waals surface area contributed by atoms with Gasteiger partial charge in [0, 0.05) is 16.5 Å². The normalized spacial score (nSPS) is 36.6. The number of phenolic OH excluding ortho intramolecular Hbond substituents is 1. The number of aromatic hydroxyl groups is 1. The molecule has 3 aliphatic carbocycles. The fraction of sp³-hybridized carbons (Fsp3) is 0.469. The van der Waals surface area contributed by atoms with Crippen molar-refractivity contribution in [2.75, 3.05) is 0 Å². The van der Waals surface area contributed by atoms with E-state index in [-0.39, 0.29) is 30.1 Å². The number of aliphatic hydroxyl groups is 3. The number of hydrogen-bond donors (Lipinski definition) is 5. The molecular formula is C32H35NO7. The predicted molar refractivity (Wildman–Crippen MR) is 146 cm³/mol. The van der Waals surface area contributed by atoms with Crippen LogP contribution in [0.5, 0.6) is 5.75 Å². The van der Waals surface area contributed by atoms with Gasteiger partial charge in [0.05, 0.1) is 17.6 Å². The summed E-state index contributed by atoms with van der Waals surface area (Å²) < 4.78 is 0. The molecule has 0 aliphatic heterocycles. The molecule has 210 valence electrons. The summed E-state index contributed by atoms with van der Waals surface area (Å²) in [5.41, 5.74) is 2.47. The Balaban J connectivity index is 1.69. The van der Waals surface area contributed by atoms with E-state index in [1.807, 2.05) is 51.1 Å². The van der Waals surface area contributed by atoms with Crippen LogP contribution >= 0.6 is 0 Å². The molecule has 5 rings (SSSR count). The fourth-order valence-electron chi connectivity index (χ4n) is 8.31. The molecule has 8 heteroatoms. The number of aliphatic hydroxyl groups excluding tert-OH is 2. The molecule has 2 fully saturated rings. The van der Waals surface area contributed by atoms with Crippen molar-refractivity contribution in [2.24, 2.45) is 40.2 Å².